The number of benzene rings is 2. The molecular formula is C15H12N2O2S. The van der Waals surface area contributed by atoms with Crippen molar-refractivity contribution in [1.29, 1.82) is 0 Å². The number of hydrogen-bond acceptors (Lipinski definition) is 3. The van der Waals surface area contributed by atoms with Crippen LogP contribution in [0.1, 0.15) is 0 Å². The van der Waals surface area contributed by atoms with E-state index in [0.29, 0.717) is 0 Å². The Bertz CT molecular complexity index is 809. The molecule has 0 radical (unpaired) electrons. The van der Waals surface area contributed by atoms with Crippen LogP contribution in [0.15, 0.2) is 82.8 Å². The molecule has 20 heavy (non-hydrogen) atoms. The van der Waals surface area contributed by atoms with E-state index in [-0.39, 0.29) is 9.79 Å². The molecule has 0 fully saturated rings. The number of sulfone groups is 1. The van der Waals surface area contributed by atoms with E-state index in [9.17, 15) is 8.42 Å². The van der Waals surface area contributed by atoms with E-state index in [2.05, 4.69) is 5.10 Å². The van der Waals surface area contributed by atoms with Crippen LogP contribution in [0.25, 0.3) is 5.69 Å². The van der Waals surface area contributed by atoms with Crippen molar-refractivity contribution in [2.75, 3.05) is 0 Å². The zero-order valence-corrected chi connectivity index (χ0v) is 11.4. The Hall–Kier alpha value is -2.40. The lowest BCUT2D eigenvalue weighted by molar-refractivity contribution is 0.596. The van der Waals surface area contributed by atoms with Crippen molar-refractivity contribution in [2.45, 2.75) is 9.79 Å². The third-order valence-electron chi connectivity index (χ3n) is 2.94. The summed E-state index contributed by atoms with van der Waals surface area (Å²) in [5, 5.41) is 4.12. The zero-order chi connectivity index (χ0) is 14.0. The molecule has 1 aromatic heterocycles. The third kappa shape index (κ3) is 2.23. The number of nitrogens with zero attached hydrogens (tertiary/aromatic N) is 2. The van der Waals surface area contributed by atoms with Crippen molar-refractivity contribution in [3.8, 4) is 5.69 Å². The monoisotopic (exact) mass is 284 g/mol. The maximum atomic E-state index is 12.4. The van der Waals surface area contributed by atoms with Gasteiger partial charge in [-0.3, -0.25) is 0 Å². The van der Waals surface area contributed by atoms with Gasteiger partial charge in [0.1, 0.15) is 4.90 Å². The van der Waals surface area contributed by atoms with Crippen molar-refractivity contribution in [1.82, 2.24) is 9.78 Å². The Kier molecular flexibility index (Phi) is 3.12. The molecule has 0 N–H and O–H groups in total. The lowest BCUT2D eigenvalue weighted by Gasteiger charge is -2.01. The first kappa shape index (κ1) is 12.6. The first-order valence-corrected chi connectivity index (χ1v) is 7.56. The highest BCUT2D eigenvalue weighted by Crippen LogP contribution is 2.20. The standard InChI is InChI=1S/C15H12N2O2S/c18-20(19,14-9-5-2-6-10-14)15-11-16-17(12-15)13-7-3-1-4-8-13/h1-12H. The van der Waals surface area contributed by atoms with Gasteiger partial charge < -0.3 is 0 Å². The molecule has 0 saturated carbocycles. The number of rotatable bonds is 3. The number of hydrogen-bond donors (Lipinski definition) is 0. The van der Waals surface area contributed by atoms with Gasteiger partial charge >= 0.3 is 0 Å². The van der Waals surface area contributed by atoms with Crippen LogP contribution < -0.4 is 0 Å². The molecule has 4 nitrogen and oxygen atoms in total. The molecule has 0 spiro atoms. The van der Waals surface area contributed by atoms with Crippen molar-refractivity contribution in [3.63, 3.8) is 0 Å². The Morgan fingerprint density at radius 3 is 2.05 bits per heavy atom. The highest BCUT2D eigenvalue weighted by molar-refractivity contribution is 7.91. The molecule has 5 heteroatoms. The summed E-state index contributed by atoms with van der Waals surface area (Å²) >= 11 is 0. The zero-order valence-electron chi connectivity index (χ0n) is 10.5. The minimum Gasteiger partial charge on any atom is -0.240 e. The lowest BCUT2D eigenvalue weighted by atomic mass is 10.3. The second kappa shape index (κ2) is 4.94. The molecule has 3 rings (SSSR count). The summed E-state index contributed by atoms with van der Waals surface area (Å²) in [6.45, 7) is 0. The molecule has 0 aliphatic heterocycles. The van der Waals surface area contributed by atoms with Crippen molar-refractivity contribution in [3.05, 3.63) is 73.1 Å². The Balaban J connectivity index is 2.03. The molecular weight excluding hydrogens is 272 g/mol. The van der Waals surface area contributed by atoms with Gasteiger partial charge in [-0.1, -0.05) is 36.4 Å². The molecule has 0 aliphatic carbocycles. The van der Waals surface area contributed by atoms with Gasteiger partial charge in [0.15, 0.2) is 0 Å². The summed E-state index contributed by atoms with van der Waals surface area (Å²) in [6.07, 6.45) is 2.90. The largest absolute Gasteiger partial charge is 0.240 e. The first-order valence-electron chi connectivity index (χ1n) is 6.08. The van der Waals surface area contributed by atoms with Crippen LogP contribution in [0.5, 0.6) is 0 Å². The maximum absolute atomic E-state index is 12.4. The molecule has 2 aromatic carbocycles. The highest BCUT2D eigenvalue weighted by atomic mass is 32.2. The fourth-order valence-corrected chi connectivity index (χ4v) is 3.11. The number of para-hydroxylation sites is 1. The van der Waals surface area contributed by atoms with E-state index >= 15 is 0 Å². The normalized spacial score (nSPS) is 11.4. The molecule has 0 amide bonds. The van der Waals surface area contributed by atoms with Crippen LogP contribution >= 0.6 is 0 Å². The smallest absolute Gasteiger partial charge is 0.209 e. The van der Waals surface area contributed by atoms with Crippen LogP contribution in [-0.4, -0.2) is 18.2 Å². The molecule has 0 saturated heterocycles. The van der Waals surface area contributed by atoms with Gasteiger partial charge in [0.25, 0.3) is 0 Å². The van der Waals surface area contributed by atoms with Crippen LogP contribution in [0.3, 0.4) is 0 Å². The summed E-state index contributed by atoms with van der Waals surface area (Å²) in [5.41, 5.74) is 0.821. The molecule has 1 heterocycles. The first-order chi connectivity index (χ1) is 9.68. The highest BCUT2D eigenvalue weighted by Gasteiger charge is 2.19. The van der Waals surface area contributed by atoms with Gasteiger partial charge in [0.05, 0.1) is 16.8 Å². The van der Waals surface area contributed by atoms with Gasteiger partial charge in [-0.2, -0.15) is 5.10 Å². The Labute approximate surface area is 117 Å². The molecule has 100 valence electrons. The lowest BCUT2D eigenvalue weighted by Crippen LogP contribution is -2.00. The van der Waals surface area contributed by atoms with E-state index in [1.807, 2.05) is 30.3 Å². The van der Waals surface area contributed by atoms with Crippen LogP contribution in [0.4, 0.5) is 0 Å². The maximum Gasteiger partial charge on any atom is 0.209 e. The molecule has 0 bridgehead atoms. The minimum absolute atomic E-state index is 0.188. The van der Waals surface area contributed by atoms with Gasteiger partial charge in [0, 0.05) is 6.20 Å². The average molecular weight is 284 g/mol. The van der Waals surface area contributed by atoms with E-state index in [4.69, 9.17) is 0 Å². The van der Waals surface area contributed by atoms with E-state index < -0.39 is 9.84 Å². The van der Waals surface area contributed by atoms with Crippen molar-refractivity contribution < 1.29 is 8.42 Å². The van der Waals surface area contributed by atoms with E-state index in [1.165, 1.54) is 12.4 Å². The molecule has 3 aromatic rings. The summed E-state index contributed by atoms with van der Waals surface area (Å²) in [4.78, 5) is 0.458. The fraction of sp³-hybridized carbons (Fsp3) is 0. The molecule has 0 atom stereocenters. The van der Waals surface area contributed by atoms with E-state index in [1.54, 1.807) is 35.0 Å². The van der Waals surface area contributed by atoms with Gasteiger partial charge in [-0.05, 0) is 24.3 Å². The van der Waals surface area contributed by atoms with Crippen molar-refractivity contribution >= 4 is 9.84 Å². The average Bonchev–Trinajstić information content (AvgIpc) is 3.00. The SMILES string of the molecule is O=S(=O)(c1ccccc1)c1cnn(-c2ccccc2)c1. The quantitative estimate of drug-likeness (QED) is 0.743. The van der Waals surface area contributed by atoms with Gasteiger partial charge in [-0.15, -0.1) is 0 Å². The predicted octanol–water partition coefficient (Wildman–Crippen LogP) is 2.71. The minimum atomic E-state index is -3.51. The summed E-state index contributed by atoms with van der Waals surface area (Å²) in [7, 11) is -3.51. The fourth-order valence-electron chi connectivity index (χ4n) is 1.90. The summed E-state index contributed by atoms with van der Waals surface area (Å²) < 4.78 is 26.4. The van der Waals surface area contributed by atoms with Gasteiger partial charge in [0.2, 0.25) is 9.84 Å². The van der Waals surface area contributed by atoms with E-state index in [0.717, 1.165) is 5.69 Å². The molecule has 0 unspecified atom stereocenters. The summed E-state index contributed by atoms with van der Waals surface area (Å²) in [5.74, 6) is 0. The summed E-state index contributed by atoms with van der Waals surface area (Å²) in [6, 6.07) is 17.7. The number of aromatic nitrogens is 2. The molecule has 0 aliphatic rings. The topological polar surface area (TPSA) is 52.0 Å². The Morgan fingerprint density at radius 1 is 0.800 bits per heavy atom. The predicted molar refractivity (Wildman–Crippen MR) is 75.5 cm³/mol. The van der Waals surface area contributed by atoms with Gasteiger partial charge in [-0.25, -0.2) is 13.1 Å². The van der Waals surface area contributed by atoms with Crippen LogP contribution in [0.2, 0.25) is 0 Å². The van der Waals surface area contributed by atoms with Crippen LogP contribution in [-0.2, 0) is 9.84 Å². The van der Waals surface area contributed by atoms with Crippen LogP contribution in [0, 0.1) is 0 Å². The van der Waals surface area contributed by atoms with Crippen molar-refractivity contribution in [2.24, 2.45) is 0 Å². The second-order valence-electron chi connectivity index (χ2n) is 4.27. The third-order valence-corrected chi connectivity index (χ3v) is 4.67. The second-order valence-corrected chi connectivity index (χ2v) is 6.22. The Morgan fingerprint density at radius 2 is 1.40 bits per heavy atom.